The van der Waals surface area contributed by atoms with Gasteiger partial charge in [0.05, 0.1) is 7.11 Å². The number of methoxy groups -OCH3 is 1. The van der Waals surface area contributed by atoms with Gasteiger partial charge in [0.2, 0.25) is 0 Å². The highest BCUT2D eigenvalue weighted by Crippen LogP contribution is 2.38. The van der Waals surface area contributed by atoms with Crippen LogP contribution in [0, 0.1) is 5.92 Å². The van der Waals surface area contributed by atoms with Gasteiger partial charge >= 0.3 is 0 Å². The topological polar surface area (TPSA) is 21.3 Å². The molecule has 1 atom stereocenters. The third-order valence-electron chi connectivity index (χ3n) is 3.72. The van der Waals surface area contributed by atoms with Crippen LogP contribution >= 0.6 is 0 Å². The zero-order chi connectivity index (χ0) is 12.3. The van der Waals surface area contributed by atoms with Crippen molar-refractivity contribution in [3.8, 4) is 5.75 Å². The van der Waals surface area contributed by atoms with E-state index in [2.05, 4.69) is 37.4 Å². The molecule has 1 aliphatic heterocycles. The van der Waals surface area contributed by atoms with E-state index in [1.165, 1.54) is 18.4 Å². The Kier molecular flexibility index (Phi) is 3.72. The lowest BCUT2D eigenvalue weighted by Gasteiger charge is -2.31. The van der Waals surface area contributed by atoms with Crippen LogP contribution in [0.5, 0.6) is 5.75 Å². The minimum absolute atomic E-state index is 0.308. The molecule has 0 aliphatic carbocycles. The Morgan fingerprint density at radius 1 is 1.41 bits per heavy atom. The molecule has 1 N–H and O–H groups in total. The molecule has 0 radical (unpaired) electrons. The Balaban J connectivity index is 2.31. The largest absolute Gasteiger partial charge is 0.497 e. The highest BCUT2D eigenvalue weighted by Gasteiger charge is 2.36. The summed E-state index contributed by atoms with van der Waals surface area (Å²) < 4.78 is 5.34. The van der Waals surface area contributed by atoms with Gasteiger partial charge < -0.3 is 10.1 Å². The fourth-order valence-electron chi connectivity index (χ4n) is 3.02. The molecule has 1 fully saturated rings. The molecule has 1 aromatic rings. The minimum Gasteiger partial charge on any atom is -0.497 e. The molecule has 2 heteroatoms. The van der Waals surface area contributed by atoms with Crippen molar-refractivity contribution in [1.29, 1.82) is 0 Å². The molecule has 1 heterocycles. The Labute approximate surface area is 104 Å². The van der Waals surface area contributed by atoms with Crippen LogP contribution in [-0.2, 0) is 5.41 Å². The second-order valence-corrected chi connectivity index (χ2v) is 5.54. The number of hydrogen-bond acceptors (Lipinski definition) is 2. The number of nitrogens with one attached hydrogen (secondary N) is 1. The maximum atomic E-state index is 5.34. The van der Waals surface area contributed by atoms with Crippen molar-refractivity contribution in [2.24, 2.45) is 5.92 Å². The van der Waals surface area contributed by atoms with E-state index in [-0.39, 0.29) is 0 Å². The molecule has 1 aliphatic rings. The third-order valence-corrected chi connectivity index (χ3v) is 3.72. The van der Waals surface area contributed by atoms with Crippen LogP contribution in [0.3, 0.4) is 0 Å². The van der Waals surface area contributed by atoms with Gasteiger partial charge in [0.15, 0.2) is 0 Å². The van der Waals surface area contributed by atoms with Crippen LogP contribution in [0.4, 0.5) is 0 Å². The summed E-state index contributed by atoms with van der Waals surface area (Å²) in [7, 11) is 1.74. The Hall–Kier alpha value is -1.02. The molecule has 0 saturated carbocycles. The second kappa shape index (κ2) is 5.09. The average Bonchev–Trinajstić information content (AvgIpc) is 2.78. The first-order valence-electron chi connectivity index (χ1n) is 6.51. The third kappa shape index (κ3) is 2.63. The van der Waals surface area contributed by atoms with Crippen LogP contribution < -0.4 is 10.1 Å². The minimum atomic E-state index is 0.308. The normalized spacial score (nSPS) is 24.2. The van der Waals surface area contributed by atoms with Crippen LogP contribution in [0.25, 0.3) is 0 Å². The molecular weight excluding hydrogens is 210 g/mol. The van der Waals surface area contributed by atoms with E-state index in [1.807, 2.05) is 6.07 Å². The molecule has 1 aromatic carbocycles. The number of hydrogen-bond donors (Lipinski definition) is 1. The number of rotatable bonds is 4. The maximum absolute atomic E-state index is 5.34. The van der Waals surface area contributed by atoms with Gasteiger partial charge in [-0.1, -0.05) is 26.0 Å². The number of benzene rings is 1. The predicted octanol–water partition coefficient (Wildman–Crippen LogP) is 2.97. The molecule has 0 aromatic heterocycles. The Bertz CT molecular complexity index is 367. The molecule has 94 valence electrons. The summed E-state index contributed by atoms with van der Waals surface area (Å²) in [5.41, 5.74) is 1.73. The molecule has 2 rings (SSSR count). The molecule has 0 spiro atoms. The van der Waals surface area contributed by atoms with Gasteiger partial charge in [-0.3, -0.25) is 0 Å². The standard InChI is InChI=1S/C15H23NO/c1-12(2)10-15(7-8-16-11-15)13-5-4-6-14(9-13)17-3/h4-6,9,12,16H,7-8,10-11H2,1-3H3/t15-/m1/s1. The van der Waals surface area contributed by atoms with Gasteiger partial charge in [0.1, 0.15) is 5.75 Å². The zero-order valence-corrected chi connectivity index (χ0v) is 11.1. The Morgan fingerprint density at radius 2 is 2.24 bits per heavy atom. The summed E-state index contributed by atoms with van der Waals surface area (Å²) in [6, 6.07) is 8.58. The van der Waals surface area contributed by atoms with Crippen molar-refractivity contribution in [2.45, 2.75) is 32.1 Å². The van der Waals surface area contributed by atoms with Gasteiger partial charge in [-0.25, -0.2) is 0 Å². The molecule has 0 bridgehead atoms. The molecule has 17 heavy (non-hydrogen) atoms. The average molecular weight is 233 g/mol. The molecule has 0 unspecified atom stereocenters. The lowest BCUT2D eigenvalue weighted by Crippen LogP contribution is -2.30. The first-order chi connectivity index (χ1) is 8.16. The number of ether oxygens (including phenoxy) is 1. The van der Waals surface area contributed by atoms with Gasteiger partial charge in [0, 0.05) is 12.0 Å². The Morgan fingerprint density at radius 3 is 2.82 bits per heavy atom. The summed E-state index contributed by atoms with van der Waals surface area (Å²) in [4.78, 5) is 0. The van der Waals surface area contributed by atoms with E-state index < -0.39 is 0 Å². The predicted molar refractivity (Wildman–Crippen MR) is 71.6 cm³/mol. The van der Waals surface area contributed by atoms with Crippen molar-refractivity contribution in [3.63, 3.8) is 0 Å². The van der Waals surface area contributed by atoms with Crippen molar-refractivity contribution in [3.05, 3.63) is 29.8 Å². The van der Waals surface area contributed by atoms with Crippen LogP contribution in [0.15, 0.2) is 24.3 Å². The molecule has 2 nitrogen and oxygen atoms in total. The van der Waals surface area contributed by atoms with E-state index in [4.69, 9.17) is 4.74 Å². The fraction of sp³-hybridized carbons (Fsp3) is 0.600. The van der Waals surface area contributed by atoms with Crippen molar-refractivity contribution < 1.29 is 4.74 Å². The lowest BCUT2D eigenvalue weighted by molar-refractivity contribution is 0.363. The first kappa shape index (κ1) is 12.4. The summed E-state index contributed by atoms with van der Waals surface area (Å²) in [5, 5.41) is 3.51. The van der Waals surface area contributed by atoms with Gasteiger partial charge in [0.25, 0.3) is 0 Å². The van der Waals surface area contributed by atoms with Gasteiger partial charge in [-0.2, -0.15) is 0 Å². The summed E-state index contributed by atoms with van der Waals surface area (Å²) in [6.07, 6.45) is 2.48. The van der Waals surface area contributed by atoms with E-state index in [9.17, 15) is 0 Å². The summed E-state index contributed by atoms with van der Waals surface area (Å²) in [6.45, 7) is 6.84. The van der Waals surface area contributed by atoms with Crippen LogP contribution in [-0.4, -0.2) is 20.2 Å². The quantitative estimate of drug-likeness (QED) is 0.863. The highest BCUT2D eigenvalue weighted by atomic mass is 16.5. The molecular formula is C15H23NO. The fourth-order valence-corrected chi connectivity index (χ4v) is 3.02. The zero-order valence-electron chi connectivity index (χ0n) is 11.1. The van der Waals surface area contributed by atoms with E-state index >= 15 is 0 Å². The maximum Gasteiger partial charge on any atom is 0.119 e. The van der Waals surface area contributed by atoms with Gasteiger partial charge in [-0.15, -0.1) is 0 Å². The van der Waals surface area contributed by atoms with Crippen molar-refractivity contribution in [1.82, 2.24) is 5.32 Å². The van der Waals surface area contributed by atoms with Crippen LogP contribution in [0.2, 0.25) is 0 Å². The SMILES string of the molecule is COc1cccc([C@@]2(CC(C)C)CCNC2)c1. The summed E-state index contributed by atoms with van der Waals surface area (Å²) in [5.74, 6) is 1.69. The highest BCUT2D eigenvalue weighted by molar-refractivity contribution is 5.35. The van der Waals surface area contributed by atoms with E-state index in [1.54, 1.807) is 7.11 Å². The van der Waals surface area contributed by atoms with Gasteiger partial charge in [-0.05, 0) is 43.0 Å². The smallest absolute Gasteiger partial charge is 0.119 e. The van der Waals surface area contributed by atoms with E-state index in [0.29, 0.717) is 5.41 Å². The van der Waals surface area contributed by atoms with Crippen molar-refractivity contribution in [2.75, 3.05) is 20.2 Å². The monoisotopic (exact) mass is 233 g/mol. The lowest BCUT2D eigenvalue weighted by atomic mass is 9.74. The second-order valence-electron chi connectivity index (χ2n) is 5.54. The van der Waals surface area contributed by atoms with E-state index in [0.717, 1.165) is 24.8 Å². The van der Waals surface area contributed by atoms with Crippen molar-refractivity contribution >= 4 is 0 Å². The molecule has 0 amide bonds. The first-order valence-corrected chi connectivity index (χ1v) is 6.51. The molecule has 1 saturated heterocycles. The summed E-state index contributed by atoms with van der Waals surface area (Å²) >= 11 is 0. The van der Waals surface area contributed by atoms with Crippen LogP contribution in [0.1, 0.15) is 32.3 Å².